The van der Waals surface area contributed by atoms with E-state index in [0.29, 0.717) is 24.3 Å². The predicted molar refractivity (Wildman–Crippen MR) is 103 cm³/mol. The van der Waals surface area contributed by atoms with Crippen molar-refractivity contribution in [1.29, 1.82) is 0 Å². The van der Waals surface area contributed by atoms with Gasteiger partial charge in [0.05, 0.1) is 0 Å². The molecule has 0 bridgehead atoms. The first-order valence-electron chi connectivity index (χ1n) is 9.22. The summed E-state index contributed by atoms with van der Waals surface area (Å²) in [6, 6.07) is 12.9. The van der Waals surface area contributed by atoms with Crippen LogP contribution in [-0.4, -0.2) is 37.5 Å². The van der Waals surface area contributed by atoms with Crippen molar-refractivity contribution in [3.8, 4) is 5.75 Å². The molecular weight excluding hydrogens is 379 g/mol. The van der Waals surface area contributed by atoms with Gasteiger partial charge in [0, 0.05) is 30.8 Å². The quantitative estimate of drug-likeness (QED) is 0.687. The molecular formula is C21H21FN2O5. The molecule has 1 fully saturated rings. The van der Waals surface area contributed by atoms with Crippen molar-refractivity contribution in [2.24, 2.45) is 0 Å². The van der Waals surface area contributed by atoms with Gasteiger partial charge in [0.25, 0.3) is 5.91 Å². The number of ether oxygens (including phenoxy) is 2. The van der Waals surface area contributed by atoms with Crippen molar-refractivity contribution in [2.45, 2.75) is 19.4 Å². The minimum absolute atomic E-state index is 0.00538. The van der Waals surface area contributed by atoms with Gasteiger partial charge < -0.3 is 19.7 Å². The van der Waals surface area contributed by atoms with E-state index in [9.17, 15) is 18.8 Å². The molecule has 8 heteroatoms. The molecule has 0 radical (unpaired) electrons. The van der Waals surface area contributed by atoms with E-state index in [4.69, 9.17) is 9.47 Å². The number of hydrogen-bond donors (Lipinski definition) is 1. The highest BCUT2D eigenvalue weighted by Crippen LogP contribution is 2.23. The third kappa shape index (κ3) is 5.78. The second kappa shape index (κ2) is 9.68. The van der Waals surface area contributed by atoms with Gasteiger partial charge in [-0.3, -0.25) is 9.59 Å². The molecule has 0 saturated carbocycles. The van der Waals surface area contributed by atoms with Crippen LogP contribution in [0, 0.1) is 5.82 Å². The standard InChI is InChI=1S/C21H21FN2O5/c22-18-5-2-1-4-15(18)12-23-19(25)13-29-21(27)14-28-17-9-7-16(8-10-17)24-11-3-6-20(24)26/h1-2,4-5,7-10H,3,6,11-14H2,(H,23,25). The predicted octanol–water partition coefficient (Wildman–Crippen LogP) is 2.19. The van der Waals surface area contributed by atoms with E-state index in [1.54, 1.807) is 47.4 Å². The van der Waals surface area contributed by atoms with Crippen LogP contribution in [-0.2, 0) is 25.7 Å². The summed E-state index contributed by atoms with van der Waals surface area (Å²) in [6.45, 7) is -0.134. The first-order chi connectivity index (χ1) is 14.0. The van der Waals surface area contributed by atoms with Gasteiger partial charge in [-0.2, -0.15) is 0 Å². The average Bonchev–Trinajstić information content (AvgIpc) is 3.16. The van der Waals surface area contributed by atoms with Gasteiger partial charge >= 0.3 is 5.97 Å². The highest BCUT2D eigenvalue weighted by molar-refractivity contribution is 5.95. The number of nitrogens with one attached hydrogen (secondary N) is 1. The zero-order valence-electron chi connectivity index (χ0n) is 15.7. The maximum absolute atomic E-state index is 13.5. The largest absolute Gasteiger partial charge is 0.482 e. The summed E-state index contributed by atoms with van der Waals surface area (Å²) in [6.07, 6.45) is 1.40. The second-order valence-corrected chi connectivity index (χ2v) is 6.46. The Balaban J connectivity index is 1.37. The van der Waals surface area contributed by atoms with Gasteiger partial charge in [0.15, 0.2) is 13.2 Å². The number of esters is 1. The molecule has 152 valence electrons. The molecule has 0 spiro atoms. The molecule has 2 aromatic rings. The van der Waals surface area contributed by atoms with Crippen LogP contribution in [0.25, 0.3) is 0 Å². The summed E-state index contributed by atoms with van der Waals surface area (Å²) in [5, 5.41) is 2.48. The number of carbonyl (C=O) groups excluding carboxylic acids is 3. The normalized spacial score (nSPS) is 13.3. The lowest BCUT2D eigenvalue weighted by Gasteiger charge is -2.16. The van der Waals surface area contributed by atoms with E-state index in [-0.39, 0.29) is 19.1 Å². The first-order valence-corrected chi connectivity index (χ1v) is 9.22. The molecule has 3 rings (SSSR count). The monoisotopic (exact) mass is 400 g/mol. The molecule has 0 atom stereocenters. The summed E-state index contributed by atoms with van der Waals surface area (Å²) in [5.74, 6) is -1.12. The van der Waals surface area contributed by atoms with Crippen molar-refractivity contribution in [2.75, 3.05) is 24.7 Å². The van der Waals surface area contributed by atoms with Crippen molar-refractivity contribution in [3.63, 3.8) is 0 Å². The Bertz CT molecular complexity index is 885. The Morgan fingerprint density at radius 1 is 1.07 bits per heavy atom. The molecule has 0 unspecified atom stereocenters. The SMILES string of the molecule is O=C(COC(=O)COc1ccc(N2CCCC2=O)cc1)NCc1ccccc1F. The molecule has 1 heterocycles. The van der Waals surface area contributed by atoms with Crippen LogP contribution in [0.5, 0.6) is 5.75 Å². The molecule has 29 heavy (non-hydrogen) atoms. The summed E-state index contributed by atoms with van der Waals surface area (Å²) in [4.78, 5) is 36.9. The number of amides is 2. The van der Waals surface area contributed by atoms with Gasteiger partial charge in [0.1, 0.15) is 11.6 Å². The van der Waals surface area contributed by atoms with E-state index < -0.39 is 24.3 Å². The molecule has 0 aromatic heterocycles. The van der Waals surface area contributed by atoms with Crippen LogP contribution < -0.4 is 15.0 Å². The lowest BCUT2D eigenvalue weighted by Crippen LogP contribution is -2.29. The van der Waals surface area contributed by atoms with Crippen molar-refractivity contribution in [3.05, 3.63) is 59.9 Å². The number of hydrogen-bond acceptors (Lipinski definition) is 5. The van der Waals surface area contributed by atoms with Gasteiger partial charge in [-0.25, -0.2) is 9.18 Å². The van der Waals surface area contributed by atoms with Gasteiger partial charge in [0.2, 0.25) is 5.91 Å². The van der Waals surface area contributed by atoms with E-state index in [1.165, 1.54) is 6.07 Å². The lowest BCUT2D eigenvalue weighted by atomic mass is 10.2. The molecule has 2 amide bonds. The molecule has 1 N–H and O–H groups in total. The Kier molecular flexibility index (Phi) is 6.78. The molecule has 1 aliphatic heterocycles. The van der Waals surface area contributed by atoms with Crippen LogP contribution in [0.3, 0.4) is 0 Å². The van der Waals surface area contributed by atoms with Crippen molar-refractivity contribution >= 4 is 23.5 Å². The van der Waals surface area contributed by atoms with E-state index in [0.717, 1.165) is 12.1 Å². The number of benzene rings is 2. The van der Waals surface area contributed by atoms with E-state index in [1.807, 2.05) is 0 Å². The second-order valence-electron chi connectivity index (χ2n) is 6.46. The van der Waals surface area contributed by atoms with Crippen molar-refractivity contribution < 1.29 is 28.2 Å². The number of carbonyl (C=O) groups is 3. The van der Waals surface area contributed by atoms with Crippen LogP contribution in [0.1, 0.15) is 18.4 Å². The zero-order chi connectivity index (χ0) is 20.6. The number of halogens is 1. The highest BCUT2D eigenvalue weighted by Gasteiger charge is 2.21. The lowest BCUT2D eigenvalue weighted by molar-refractivity contribution is -0.150. The maximum Gasteiger partial charge on any atom is 0.344 e. The van der Waals surface area contributed by atoms with Gasteiger partial charge in [-0.15, -0.1) is 0 Å². The fourth-order valence-electron chi connectivity index (χ4n) is 2.86. The molecule has 1 aliphatic rings. The van der Waals surface area contributed by atoms with Crippen LogP contribution in [0.15, 0.2) is 48.5 Å². The highest BCUT2D eigenvalue weighted by atomic mass is 19.1. The molecule has 2 aromatic carbocycles. The Morgan fingerprint density at radius 2 is 1.83 bits per heavy atom. The summed E-state index contributed by atoms with van der Waals surface area (Å²) < 4.78 is 23.6. The minimum atomic E-state index is -0.704. The summed E-state index contributed by atoms with van der Waals surface area (Å²) >= 11 is 0. The number of rotatable bonds is 8. The Labute approximate surface area is 167 Å². The Hall–Kier alpha value is -3.42. The topological polar surface area (TPSA) is 84.9 Å². The van der Waals surface area contributed by atoms with Crippen LogP contribution in [0.2, 0.25) is 0 Å². The fraction of sp³-hybridized carbons (Fsp3) is 0.286. The minimum Gasteiger partial charge on any atom is -0.482 e. The average molecular weight is 400 g/mol. The smallest absolute Gasteiger partial charge is 0.344 e. The van der Waals surface area contributed by atoms with Gasteiger partial charge in [-0.05, 0) is 36.8 Å². The van der Waals surface area contributed by atoms with Crippen molar-refractivity contribution in [1.82, 2.24) is 5.32 Å². The van der Waals surface area contributed by atoms with Crippen LogP contribution in [0.4, 0.5) is 10.1 Å². The zero-order valence-corrected chi connectivity index (χ0v) is 15.7. The summed E-state index contributed by atoms with van der Waals surface area (Å²) in [5.41, 5.74) is 1.13. The number of anilines is 1. The fourth-order valence-corrected chi connectivity index (χ4v) is 2.86. The van der Waals surface area contributed by atoms with E-state index in [2.05, 4.69) is 5.32 Å². The maximum atomic E-state index is 13.5. The third-order valence-electron chi connectivity index (χ3n) is 4.38. The summed E-state index contributed by atoms with van der Waals surface area (Å²) in [7, 11) is 0. The number of nitrogens with zero attached hydrogens (tertiary/aromatic N) is 1. The van der Waals surface area contributed by atoms with Gasteiger partial charge in [-0.1, -0.05) is 18.2 Å². The third-order valence-corrected chi connectivity index (χ3v) is 4.38. The Morgan fingerprint density at radius 3 is 2.52 bits per heavy atom. The van der Waals surface area contributed by atoms with E-state index >= 15 is 0 Å². The van der Waals surface area contributed by atoms with Crippen LogP contribution >= 0.6 is 0 Å². The molecule has 7 nitrogen and oxygen atoms in total. The molecule has 0 aliphatic carbocycles. The molecule has 1 saturated heterocycles. The first kappa shape index (κ1) is 20.3.